The molecule has 1 aliphatic heterocycles. The summed E-state index contributed by atoms with van der Waals surface area (Å²) in [5.74, 6) is 0.0334. The molecular formula is C18H30N4O2. The summed E-state index contributed by atoms with van der Waals surface area (Å²) in [6, 6.07) is 3.60. The van der Waals surface area contributed by atoms with E-state index in [1.54, 1.807) is 10.6 Å². The number of nitrogens with two attached hydrogens (primary N) is 1. The van der Waals surface area contributed by atoms with Crippen LogP contribution in [0, 0.1) is 0 Å². The molecule has 3 N–H and O–H groups in total. The summed E-state index contributed by atoms with van der Waals surface area (Å²) in [4.78, 5) is 26.0. The lowest BCUT2D eigenvalue weighted by Crippen LogP contribution is -2.29. The topological polar surface area (TPSA) is 80.4 Å². The summed E-state index contributed by atoms with van der Waals surface area (Å²) in [6.45, 7) is 3.78. The van der Waals surface area contributed by atoms with Crippen molar-refractivity contribution in [2.24, 2.45) is 5.73 Å². The van der Waals surface area contributed by atoms with Gasteiger partial charge in [-0.15, -0.1) is 0 Å². The largest absolute Gasteiger partial charge is 0.370 e. The fourth-order valence-corrected chi connectivity index (χ4v) is 3.08. The number of nitrogens with zero attached hydrogens (tertiary/aromatic N) is 2. The Morgan fingerprint density at radius 3 is 2.58 bits per heavy atom. The highest BCUT2D eigenvalue weighted by Gasteiger charge is 2.11. The number of unbranched alkanes of at least 4 members (excludes halogenated alkanes) is 1. The predicted molar refractivity (Wildman–Crippen MR) is 97.3 cm³/mol. The van der Waals surface area contributed by atoms with E-state index in [9.17, 15) is 9.59 Å². The first-order valence-electron chi connectivity index (χ1n) is 9.13. The van der Waals surface area contributed by atoms with E-state index in [1.165, 1.54) is 25.7 Å². The minimum Gasteiger partial charge on any atom is -0.370 e. The fraction of sp³-hybridized carbons (Fsp3) is 0.667. The van der Waals surface area contributed by atoms with E-state index in [0.717, 1.165) is 31.6 Å². The zero-order valence-electron chi connectivity index (χ0n) is 14.5. The van der Waals surface area contributed by atoms with Gasteiger partial charge in [0, 0.05) is 51.4 Å². The van der Waals surface area contributed by atoms with Crippen molar-refractivity contribution in [3.63, 3.8) is 0 Å². The first-order valence-corrected chi connectivity index (χ1v) is 9.13. The number of carbonyl (C=O) groups is 1. The van der Waals surface area contributed by atoms with E-state index in [1.807, 2.05) is 12.3 Å². The summed E-state index contributed by atoms with van der Waals surface area (Å²) >= 11 is 0. The van der Waals surface area contributed by atoms with Crippen LogP contribution in [0.4, 0.5) is 5.69 Å². The summed E-state index contributed by atoms with van der Waals surface area (Å²) < 4.78 is 1.78. The number of nitrogens with one attached hydrogen (secondary N) is 1. The van der Waals surface area contributed by atoms with Crippen LogP contribution in [0.5, 0.6) is 0 Å². The maximum absolute atomic E-state index is 12.0. The van der Waals surface area contributed by atoms with Crippen molar-refractivity contribution >= 4 is 11.6 Å². The average Bonchev–Trinajstić information content (AvgIpc) is 2.87. The Balaban J connectivity index is 1.84. The van der Waals surface area contributed by atoms with Crippen LogP contribution in [0.2, 0.25) is 0 Å². The van der Waals surface area contributed by atoms with E-state index < -0.39 is 0 Å². The van der Waals surface area contributed by atoms with E-state index in [2.05, 4.69) is 10.2 Å². The third-order valence-electron chi connectivity index (χ3n) is 4.46. The average molecular weight is 334 g/mol. The number of hydrogen-bond donors (Lipinski definition) is 2. The molecule has 0 aliphatic carbocycles. The Morgan fingerprint density at radius 2 is 1.88 bits per heavy atom. The van der Waals surface area contributed by atoms with Crippen LogP contribution in [0.15, 0.2) is 23.1 Å². The number of hydrogen-bond acceptors (Lipinski definition) is 4. The summed E-state index contributed by atoms with van der Waals surface area (Å²) in [6.07, 6.45) is 9.08. The maximum atomic E-state index is 12.0. The monoisotopic (exact) mass is 334 g/mol. The standard InChI is InChI=1S/C18H30N4O2/c19-10-11-20-17(23)7-3-6-14-22-15-16(8-9-18(22)24)21-12-4-1-2-5-13-21/h8-9,15H,1-7,10-14,19H2,(H,20,23). The minimum atomic E-state index is 0.0288. The van der Waals surface area contributed by atoms with Gasteiger partial charge in [-0.05, 0) is 31.7 Å². The highest BCUT2D eigenvalue weighted by molar-refractivity contribution is 5.75. The van der Waals surface area contributed by atoms with E-state index in [4.69, 9.17) is 5.73 Å². The molecule has 1 aromatic heterocycles. The number of pyridine rings is 1. The highest BCUT2D eigenvalue weighted by Crippen LogP contribution is 2.18. The van der Waals surface area contributed by atoms with Crippen LogP contribution in [-0.2, 0) is 11.3 Å². The van der Waals surface area contributed by atoms with Gasteiger partial charge < -0.3 is 20.5 Å². The second-order valence-electron chi connectivity index (χ2n) is 6.42. The van der Waals surface area contributed by atoms with Gasteiger partial charge in [0.1, 0.15) is 0 Å². The van der Waals surface area contributed by atoms with Crippen LogP contribution in [0.25, 0.3) is 0 Å². The molecule has 0 saturated carbocycles. The van der Waals surface area contributed by atoms with Crippen molar-refractivity contribution in [2.75, 3.05) is 31.1 Å². The van der Waals surface area contributed by atoms with Crippen molar-refractivity contribution in [1.82, 2.24) is 9.88 Å². The molecule has 1 saturated heterocycles. The van der Waals surface area contributed by atoms with E-state index >= 15 is 0 Å². The van der Waals surface area contributed by atoms with Gasteiger partial charge in [-0.2, -0.15) is 0 Å². The normalized spacial score (nSPS) is 15.1. The van der Waals surface area contributed by atoms with E-state index in [-0.39, 0.29) is 11.5 Å². The molecular weight excluding hydrogens is 304 g/mol. The molecule has 6 nitrogen and oxygen atoms in total. The van der Waals surface area contributed by atoms with Gasteiger partial charge in [0.05, 0.1) is 5.69 Å². The first-order chi connectivity index (χ1) is 11.7. The number of anilines is 1. The zero-order chi connectivity index (χ0) is 17.2. The van der Waals surface area contributed by atoms with Crippen LogP contribution >= 0.6 is 0 Å². The second kappa shape index (κ2) is 10.1. The molecule has 1 aliphatic rings. The quantitative estimate of drug-likeness (QED) is 0.706. The molecule has 0 spiro atoms. The van der Waals surface area contributed by atoms with Crippen LogP contribution in [0.1, 0.15) is 44.9 Å². The Hall–Kier alpha value is -1.82. The second-order valence-corrected chi connectivity index (χ2v) is 6.42. The smallest absolute Gasteiger partial charge is 0.250 e. The molecule has 1 aromatic rings. The molecule has 0 aromatic carbocycles. The molecule has 1 amide bonds. The predicted octanol–water partition coefficient (Wildman–Crippen LogP) is 1.47. The Labute approximate surface area is 144 Å². The molecule has 24 heavy (non-hydrogen) atoms. The summed E-state index contributed by atoms with van der Waals surface area (Å²) in [5.41, 5.74) is 6.52. The van der Waals surface area contributed by atoms with E-state index in [0.29, 0.717) is 26.1 Å². The van der Waals surface area contributed by atoms with Gasteiger partial charge in [0.2, 0.25) is 5.91 Å². The zero-order valence-corrected chi connectivity index (χ0v) is 14.5. The van der Waals surface area contributed by atoms with Crippen molar-refractivity contribution < 1.29 is 4.79 Å². The number of aromatic nitrogens is 1. The molecule has 0 unspecified atom stereocenters. The Kier molecular flexibility index (Phi) is 7.82. The van der Waals surface area contributed by atoms with Gasteiger partial charge in [-0.25, -0.2) is 0 Å². The van der Waals surface area contributed by atoms with Gasteiger partial charge >= 0.3 is 0 Å². The summed E-state index contributed by atoms with van der Waals surface area (Å²) in [5, 5.41) is 2.76. The van der Waals surface area contributed by atoms with Gasteiger partial charge in [-0.1, -0.05) is 12.8 Å². The molecule has 0 radical (unpaired) electrons. The number of aryl methyl sites for hydroxylation is 1. The third-order valence-corrected chi connectivity index (χ3v) is 4.46. The van der Waals surface area contributed by atoms with Crippen molar-refractivity contribution in [1.29, 1.82) is 0 Å². The molecule has 6 heteroatoms. The van der Waals surface area contributed by atoms with Crippen molar-refractivity contribution in [3.8, 4) is 0 Å². The SMILES string of the molecule is NCCNC(=O)CCCCn1cc(N2CCCCCC2)ccc1=O. The molecule has 134 valence electrons. The number of carbonyl (C=O) groups excluding carboxylic acids is 1. The maximum Gasteiger partial charge on any atom is 0.250 e. The van der Waals surface area contributed by atoms with Crippen molar-refractivity contribution in [2.45, 2.75) is 51.5 Å². The summed E-state index contributed by atoms with van der Waals surface area (Å²) in [7, 11) is 0. The number of amides is 1. The Morgan fingerprint density at radius 1 is 1.12 bits per heavy atom. The lowest BCUT2D eigenvalue weighted by molar-refractivity contribution is -0.121. The molecule has 1 fully saturated rings. The molecule has 0 atom stereocenters. The van der Waals surface area contributed by atoms with Gasteiger partial charge in [0.15, 0.2) is 0 Å². The number of rotatable bonds is 8. The fourth-order valence-electron chi connectivity index (χ4n) is 3.08. The Bertz CT molecular complexity index is 562. The lowest BCUT2D eigenvalue weighted by Gasteiger charge is -2.23. The highest BCUT2D eigenvalue weighted by atomic mass is 16.1. The van der Waals surface area contributed by atoms with Crippen molar-refractivity contribution in [3.05, 3.63) is 28.7 Å². The molecule has 2 rings (SSSR count). The van der Waals surface area contributed by atoms with Crippen LogP contribution in [-0.4, -0.2) is 36.7 Å². The van der Waals surface area contributed by atoms with Gasteiger partial charge in [0.25, 0.3) is 5.56 Å². The van der Waals surface area contributed by atoms with Crippen LogP contribution in [0.3, 0.4) is 0 Å². The molecule has 0 bridgehead atoms. The minimum absolute atomic E-state index is 0.0288. The van der Waals surface area contributed by atoms with Gasteiger partial charge in [-0.3, -0.25) is 9.59 Å². The third kappa shape index (κ3) is 6.00. The molecule has 2 heterocycles. The lowest BCUT2D eigenvalue weighted by atomic mass is 10.2. The van der Waals surface area contributed by atoms with Crippen LogP contribution < -0.4 is 21.5 Å². The first kappa shape index (κ1) is 18.5.